The number of rotatable bonds is 5. The Balaban J connectivity index is 2.17. The van der Waals surface area contributed by atoms with Crippen molar-refractivity contribution < 1.29 is 17.2 Å². The predicted octanol–water partition coefficient (Wildman–Crippen LogP) is 2.87. The lowest BCUT2D eigenvalue weighted by Crippen LogP contribution is -2.50. The Kier molecular flexibility index (Phi) is 5.07. The number of para-hydroxylation sites is 1. The SMILES string of the molecule is CC1(C)CCCNC1CNc1ccccc1S(=O)(=O)C(F)F. The number of piperidine rings is 1. The summed E-state index contributed by atoms with van der Waals surface area (Å²) in [4.78, 5) is -0.349. The molecule has 0 aliphatic carbocycles. The van der Waals surface area contributed by atoms with Crippen molar-refractivity contribution >= 4 is 15.5 Å². The van der Waals surface area contributed by atoms with Gasteiger partial charge in [-0.2, -0.15) is 8.78 Å². The molecule has 0 aromatic heterocycles. The molecule has 0 amide bonds. The summed E-state index contributed by atoms with van der Waals surface area (Å²) in [6.45, 7) is 5.69. The average molecular weight is 332 g/mol. The van der Waals surface area contributed by atoms with Crippen LogP contribution in [-0.2, 0) is 9.84 Å². The van der Waals surface area contributed by atoms with Gasteiger partial charge in [0.05, 0.1) is 10.6 Å². The van der Waals surface area contributed by atoms with Gasteiger partial charge < -0.3 is 10.6 Å². The Bertz CT molecular complexity index is 618. The lowest BCUT2D eigenvalue weighted by Gasteiger charge is -2.39. The van der Waals surface area contributed by atoms with E-state index in [4.69, 9.17) is 0 Å². The van der Waals surface area contributed by atoms with E-state index in [0.29, 0.717) is 6.54 Å². The summed E-state index contributed by atoms with van der Waals surface area (Å²) < 4.78 is 49.0. The van der Waals surface area contributed by atoms with Gasteiger partial charge in [-0.15, -0.1) is 0 Å². The molecule has 4 nitrogen and oxygen atoms in total. The van der Waals surface area contributed by atoms with Gasteiger partial charge in [0.15, 0.2) is 0 Å². The maximum atomic E-state index is 12.8. The highest BCUT2D eigenvalue weighted by Gasteiger charge is 2.33. The molecule has 1 aliphatic rings. The topological polar surface area (TPSA) is 58.2 Å². The van der Waals surface area contributed by atoms with E-state index >= 15 is 0 Å². The minimum atomic E-state index is -4.61. The molecule has 0 radical (unpaired) electrons. The summed E-state index contributed by atoms with van der Waals surface area (Å²) in [6, 6.07) is 5.97. The van der Waals surface area contributed by atoms with E-state index in [2.05, 4.69) is 24.5 Å². The van der Waals surface area contributed by atoms with Crippen LogP contribution in [0.4, 0.5) is 14.5 Å². The fraction of sp³-hybridized carbons (Fsp3) is 0.600. The molecular weight excluding hydrogens is 310 g/mol. The molecule has 1 aromatic carbocycles. The zero-order chi connectivity index (χ0) is 16.4. The summed E-state index contributed by atoms with van der Waals surface area (Å²) in [5.41, 5.74) is 0.299. The van der Waals surface area contributed by atoms with E-state index in [9.17, 15) is 17.2 Å². The summed E-state index contributed by atoms with van der Waals surface area (Å²) in [7, 11) is -4.61. The summed E-state index contributed by atoms with van der Waals surface area (Å²) in [5.74, 6) is -3.42. The number of benzene rings is 1. The molecular formula is C15H22F2N2O2S. The largest absolute Gasteiger partial charge is 0.382 e. The zero-order valence-electron chi connectivity index (χ0n) is 12.8. The number of sulfone groups is 1. The van der Waals surface area contributed by atoms with E-state index in [1.165, 1.54) is 18.2 Å². The number of halogens is 2. The lowest BCUT2D eigenvalue weighted by molar-refractivity contribution is 0.188. The van der Waals surface area contributed by atoms with Crippen molar-refractivity contribution in [2.45, 2.75) is 43.4 Å². The molecule has 0 spiro atoms. The van der Waals surface area contributed by atoms with Gasteiger partial charge in [0.2, 0.25) is 9.84 Å². The summed E-state index contributed by atoms with van der Waals surface area (Å²) in [5, 5.41) is 6.43. The first-order chi connectivity index (χ1) is 10.2. The van der Waals surface area contributed by atoms with Crippen molar-refractivity contribution in [3.63, 3.8) is 0 Å². The van der Waals surface area contributed by atoms with Crippen LogP contribution >= 0.6 is 0 Å². The fourth-order valence-corrected chi connectivity index (χ4v) is 3.70. The van der Waals surface area contributed by atoms with Crippen LogP contribution in [0.2, 0.25) is 0 Å². The maximum Gasteiger partial charge on any atom is 0.341 e. The maximum absolute atomic E-state index is 12.8. The number of anilines is 1. The Hall–Kier alpha value is -1.21. The Morgan fingerprint density at radius 1 is 1.36 bits per heavy atom. The number of alkyl halides is 2. The van der Waals surface area contributed by atoms with Crippen LogP contribution in [0.25, 0.3) is 0 Å². The second-order valence-corrected chi connectivity index (χ2v) is 8.17. The van der Waals surface area contributed by atoms with Gasteiger partial charge >= 0.3 is 5.76 Å². The fourth-order valence-electron chi connectivity index (χ4n) is 2.79. The highest BCUT2D eigenvalue weighted by molar-refractivity contribution is 7.91. The third kappa shape index (κ3) is 3.57. The van der Waals surface area contributed by atoms with Gasteiger partial charge in [-0.3, -0.25) is 0 Å². The molecule has 1 aromatic rings. The minimum Gasteiger partial charge on any atom is -0.382 e. The molecule has 1 saturated heterocycles. The van der Waals surface area contributed by atoms with E-state index in [0.717, 1.165) is 19.4 Å². The molecule has 0 saturated carbocycles. The van der Waals surface area contributed by atoms with Crippen LogP contribution in [0, 0.1) is 5.41 Å². The van der Waals surface area contributed by atoms with Crippen LogP contribution in [0.3, 0.4) is 0 Å². The Morgan fingerprint density at radius 3 is 2.68 bits per heavy atom. The first-order valence-corrected chi connectivity index (χ1v) is 8.88. The molecule has 1 aliphatic heterocycles. The summed E-state index contributed by atoms with van der Waals surface area (Å²) >= 11 is 0. The molecule has 1 atom stereocenters. The number of nitrogens with one attached hydrogen (secondary N) is 2. The van der Waals surface area contributed by atoms with E-state index in [-0.39, 0.29) is 22.0 Å². The van der Waals surface area contributed by atoms with Crippen LogP contribution < -0.4 is 10.6 Å². The predicted molar refractivity (Wildman–Crippen MR) is 82.9 cm³/mol. The van der Waals surface area contributed by atoms with E-state index in [1.807, 2.05) is 0 Å². The molecule has 22 heavy (non-hydrogen) atoms. The molecule has 1 fully saturated rings. The normalized spacial score (nSPS) is 21.8. The first-order valence-electron chi connectivity index (χ1n) is 7.33. The standard InChI is InChI=1S/C15H22F2N2O2S/c1-15(2)8-5-9-18-13(15)10-19-11-6-3-4-7-12(11)22(20,21)14(16)17/h3-4,6-7,13-14,18-19H,5,8-10H2,1-2H3. The van der Waals surface area contributed by atoms with E-state index < -0.39 is 15.6 Å². The van der Waals surface area contributed by atoms with Gasteiger partial charge in [0.1, 0.15) is 0 Å². The molecule has 7 heteroatoms. The van der Waals surface area contributed by atoms with Gasteiger partial charge in [0, 0.05) is 12.6 Å². The second-order valence-electron chi connectivity index (χ2n) is 6.28. The minimum absolute atomic E-state index is 0.0712. The van der Waals surface area contributed by atoms with Gasteiger partial charge in [0.25, 0.3) is 0 Å². The number of hydrogen-bond acceptors (Lipinski definition) is 4. The Labute approximate surface area is 130 Å². The smallest absolute Gasteiger partial charge is 0.341 e. The first kappa shape index (κ1) is 17.1. The molecule has 1 unspecified atom stereocenters. The van der Waals surface area contributed by atoms with Crippen molar-refractivity contribution in [1.82, 2.24) is 5.32 Å². The highest BCUT2D eigenvalue weighted by Crippen LogP contribution is 2.31. The van der Waals surface area contributed by atoms with Crippen LogP contribution in [0.1, 0.15) is 26.7 Å². The third-order valence-corrected chi connectivity index (χ3v) is 5.69. The van der Waals surface area contributed by atoms with Crippen LogP contribution in [0.15, 0.2) is 29.2 Å². The second kappa shape index (κ2) is 6.50. The van der Waals surface area contributed by atoms with Crippen LogP contribution in [0.5, 0.6) is 0 Å². The van der Waals surface area contributed by atoms with Gasteiger partial charge in [-0.1, -0.05) is 26.0 Å². The highest BCUT2D eigenvalue weighted by atomic mass is 32.2. The van der Waals surface area contributed by atoms with Crippen molar-refractivity contribution in [2.75, 3.05) is 18.4 Å². The van der Waals surface area contributed by atoms with Crippen LogP contribution in [-0.4, -0.2) is 33.3 Å². The molecule has 124 valence electrons. The summed E-state index contributed by atoms with van der Waals surface area (Å²) in [6.07, 6.45) is 2.17. The quantitative estimate of drug-likeness (QED) is 0.870. The van der Waals surface area contributed by atoms with E-state index in [1.54, 1.807) is 6.07 Å². The van der Waals surface area contributed by atoms with Crippen molar-refractivity contribution in [1.29, 1.82) is 0 Å². The lowest BCUT2D eigenvalue weighted by atomic mass is 9.77. The monoisotopic (exact) mass is 332 g/mol. The van der Waals surface area contributed by atoms with Crippen molar-refractivity contribution in [3.8, 4) is 0 Å². The molecule has 2 N–H and O–H groups in total. The number of hydrogen-bond donors (Lipinski definition) is 2. The van der Waals surface area contributed by atoms with Gasteiger partial charge in [-0.25, -0.2) is 8.42 Å². The third-order valence-electron chi connectivity index (χ3n) is 4.26. The molecule has 1 heterocycles. The van der Waals surface area contributed by atoms with Crippen molar-refractivity contribution in [2.24, 2.45) is 5.41 Å². The molecule has 0 bridgehead atoms. The zero-order valence-corrected chi connectivity index (χ0v) is 13.6. The molecule has 2 rings (SSSR count). The Morgan fingerprint density at radius 2 is 2.05 bits per heavy atom. The van der Waals surface area contributed by atoms with Gasteiger partial charge in [-0.05, 0) is 36.9 Å². The average Bonchev–Trinajstić information content (AvgIpc) is 2.46. The van der Waals surface area contributed by atoms with Crippen molar-refractivity contribution in [3.05, 3.63) is 24.3 Å².